The molecule has 0 spiro atoms. The van der Waals surface area contributed by atoms with Gasteiger partial charge in [-0.1, -0.05) is 33.1 Å². The van der Waals surface area contributed by atoms with Crippen molar-refractivity contribution in [1.82, 2.24) is 0 Å². The third kappa shape index (κ3) is 3.72. The van der Waals surface area contributed by atoms with E-state index in [-0.39, 0.29) is 18.1 Å². The summed E-state index contributed by atoms with van der Waals surface area (Å²) in [6, 6.07) is 0. The fourth-order valence-electron chi connectivity index (χ4n) is 4.24. The van der Waals surface area contributed by atoms with E-state index in [0.717, 1.165) is 0 Å². The summed E-state index contributed by atoms with van der Waals surface area (Å²) >= 11 is 0. The van der Waals surface area contributed by atoms with Crippen LogP contribution < -0.4 is 0 Å². The Kier molecular flexibility index (Phi) is 6.29. The number of ether oxygens (including phenoxy) is 2. The van der Waals surface area contributed by atoms with Gasteiger partial charge in [0.15, 0.2) is 0 Å². The van der Waals surface area contributed by atoms with Gasteiger partial charge in [-0.25, -0.2) is 4.79 Å². The first-order valence-electron chi connectivity index (χ1n) is 8.92. The fraction of sp³-hybridized carbons (Fsp3) is 0.600. The molecule has 0 aromatic carbocycles. The Labute approximate surface area is 159 Å². The van der Waals surface area contributed by atoms with E-state index in [9.17, 15) is 19.8 Å². The standard InChI is InChI=1S/C20H28O7/c1-6-20(5)7-14(26-18(24)11(3)13(23)9-22)15-12(4)19(25)27-17(15)16(20)10(2)8-21/h6,12-17,21-23H,1-3,7-9H2,4-5H3/t12-,13+,14-,15+,16+,17-,20+/m0/s1. The monoisotopic (exact) mass is 380 g/mol. The van der Waals surface area contributed by atoms with Gasteiger partial charge in [0.1, 0.15) is 18.3 Å². The second-order valence-electron chi connectivity index (χ2n) is 7.64. The number of carbonyl (C=O) groups is 2. The van der Waals surface area contributed by atoms with Crippen LogP contribution in [0.3, 0.4) is 0 Å². The van der Waals surface area contributed by atoms with Gasteiger partial charge in [0.2, 0.25) is 0 Å². The molecule has 0 amide bonds. The van der Waals surface area contributed by atoms with Crippen molar-refractivity contribution >= 4 is 11.9 Å². The molecule has 1 saturated carbocycles. The van der Waals surface area contributed by atoms with Gasteiger partial charge in [0.25, 0.3) is 0 Å². The highest BCUT2D eigenvalue weighted by Gasteiger charge is 2.59. The fourth-order valence-corrected chi connectivity index (χ4v) is 4.24. The van der Waals surface area contributed by atoms with Crippen molar-refractivity contribution in [3.05, 3.63) is 37.0 Å². The third-order valence-corrected chi connectivity index (χ3v) is 5.90. The Balaban J connectivity index is 2.37. The zero-order valence-corrected chi connectivity index (χ0v) is 15.8. The molecule has 0 aromatic rings. The molecule has 3 N–H and O–H groups in total. The molecule has 2 aliphatic rings. The van der Waals surface area contributed by atoms with Crippen molar-refractivity contribution in [2.45, 2.75) is 38.6 Å². The lowest BCUT2D eigenvalue weighted by molar-refractivity contribution is -0.161. The van der Waals surface area contributed by atoms with E-state index in [1.54, 1.807) is 13.0 Å². The number of allylic oxidation sites excluding steroid dienone is 1. The molecule has 1 heterocycles. The molecule has 150 valence electrons. The number of hydrogen-bond donors (Lipinski definition) is 3. The van der Waals surface area contributed by atoms with E-state index in [4.69, 9.17) is 14.6 Å². The van der Waals surface area contributed by atoms with Crippen LogP contribution in [0.2, 0.25) is 0 Å². The van der Waals surface area contributed by atoms with Crippen LogP contribution in [0.1, 0.15) is 20.3 Å². The first-order valence-corrected chi connectivity index (χ1v) is 8.92. The number of esters is 2. The highest BCUT2D eigenvalue weighted by Crippen LogP contribution is 2.54. The number of carbonyl (C=O) groups excluding carboxylic acids is 2. The van der Waals surface area contributed by atoms with E-state index in [1.165, 1.54) is 0 Å². The average Bonchev–Trinajstić information content (AvgIpc) is 2.94. The van der Waals surface area contributed by atoms with Crippen molar-refractivity contribution in [1.29, 1.82) is 0 Å². The van der Waals surface area contributed by atoms with E-state index in [1.807, 2.05) is 6.92 Å². The Bertz CT molecular complexity index is 655. The Morgan fingerprint density at radius 1 is 1.44 bits per heavy atom. The van der Waals surface area contributed by atoms with Crippen LogP contribution in [0.5, 0.6) is 0 Å². The van der Waals surface area contributed by atoms with Crippen LogP contribution >= 0.6 is 0 Å². The van der Waals surface area contributed by atoms with Gasteiger partial charge in [-0.3, -0.25) is 4.79 Å². The second-order valence-corrected chi connectivity index (χ2v) is 7.64. The minimum Gasteiger partial charge on any atom is -0.461 e. The molecule has 1 aliphatic carbocycles. The molecule has 27 heavy (non-hydrogen) atoms. The Morgan fingerprint density at radius 3 is 2.59 bits per heavy atom. The number of aliphatic hydroxyl groups is 3. The molecular weight excluding hydrogens is 352 g/mol. The van der Waals surface area contributed by atoms with Crippen molar-refractivity contribution < 1.29 is 34.4 Å². The Hall–Kier alpha value is -1.96. The zero-order chi connectivity index (χ0) is 20.5. The lowest BCUT2D eigenvalue weighted by Gasteiger charge is -2.49. The van der Waals surface area contributed by atoms with E-state index in [0.29, 0.717) is 12.0 Å². The van der Waals surface area contributed by atoms with Gasteiger partial charge in [-0.2, -0.15) is 0 Å². The lowest BCUT2D eigenvalue weighted by Crippen LogP contribution is -2.53. The van der Waals surface area contributed by atoms with Crippen LogP contribution in [0.25, 0.3) is 0 Å². The molecule has 0 bridgehead atoms. The minimum absolute atomic E-state index is 0.255. The first kappa shape index (κ1) is 21.3. The summed E-state index contributed by atoms with van der Waals surface area (Å²) in [7, 11) is 0. The summed E-state index contributed by atoms with van der Waals surface area (Å²) in [5, 5.41) is 28.2. The highest BCUT2D eigenvalue weighted by molar-refractivity contribution is 5.89. The van der Waals surface area contributed by atoms with Gasteiger partial charge < -0.3 is 24.8 Å². The van der Waals surface area contributed by atoms with E-state index in [2.05, 4.69) is 19.7 Å². The molecule has 0 unspecified atom stereocenters. The molecule has 0 radical (unpaired) electrons. The number of aliphatic hydroxyl groups excluding tert-OH is 3. The maximum atomic E-state index is 12.4. The van der Waals surface area contributed by atoms with Crippen molar-refractivity contribution in [3.63, 3.8) is 0 Å². The summed E-state index contributed by atoms with van der Waals surface area (Å²) in [6.07, 6.45) is -0.668. The second kappa shape index (κ2) is 7.96. The van der Waals surface area contributed by atoms with E-state index < -0.39 is 54.1 Å². The normalized spacial score (nSPS) is 36.3. The Morgan fingerprint density at radius 2 is 2.07 bits per heavy atom. The predicted molar refractivity (Wildman–Crippen MR) is 97.3 cm³/mol. The van der Waals surface area contributed by atoms with Crippen molar-refractivity contribution in [2.24, 2.45) is 23.2 Å². The summed E-state index contributed by atoms with van der Waals surface area (Å²) in [5.74, 6) is -2.53. The lowest BCUT2D eigenvalue weighted by atomic mass is 9.58. The maximum Gasteiger partial charge on any atom is 0.336 e. The van der Waals surface area contributed by atoms with Gasteiger partial charge >= 0.3 is 11.9 Å². The summed E-state index contributed by atoms with van der Waals surface area (Å²) in [5.41, 5.74) is -0.360. The third-order valence-electron chi connectivity index (χ3n) is 5.90. The van der Waals surface area contributed by atoms with Crippen molar-refractivity contribution in [3.8, 4) is 0 Å². The topological polar surface area (TPSA) is 113 Å². The number of rotatable bonds is 7. The molecule has 7 heteroatoms. The molecule has 0 aromatic heterocycles. The van der Waals surface area contributed by atoms with Crippen LogP contribution in [0.15, 0.2) is 37.0 Å². The van der Waals surface area contributed by atoms with Crippen LogP contribution in [0.4, 0.5) is 0 Å². The highest BCUT2D eigenvalue weighted by atomic mass is 16.6. The molecular formula is C20H28O7. The van der Waals surface area contributed by atoms with Crippen LogP contribution in [-0.4, -0.2) is 58.8 Å². The molecule has 7 nitrogen and oxygen atoms in total. The van der Waals surface area contributed by atoms with E-state index >= 15 is 0 Å². The average molecular weight is 380 g/mol. The van der Waals surface area contributed by atoms with Gasteiger partial charge in [0.05, 0.1) is 24.7 Å². The SMILES string of the molecule is C=C[C@]1(C)C[C@H](OC(=O)C(=C)[C@H](O)CO)[C@@H]2[C@H](OC(=O)[C@H]2C)[C@H]1C(=C)CO. The summed E-state index contributed by atoms with van der Waals surface area (Å²) in [4.78, 5) is 24.6. The minimum atomic E-state index is -1.41. The molecule has 2 rings (SSSR count). The predicted octanol–water partition coefficient (Wildman–Crippen LogP) is 0.746. The zero-order valence-electron chi connectivity index (χ0n) is 15.8. The van der Waals surface area contributed by atoms with Crippen LogP contribution in [0, 0.1) is 23.2 Å². The van der Waals surface area contributed by atoms with Crippen molar-refractivity contribution in [2.75, 3.05) is 13.2 Å². The molecule has 1 saturated heterocycles. The summed E-state index contributed by atoms with van der Waals surface area (Å²) < 4.78 is 11.2. The van der Waals surface area contributed by atoms with Gasteiger partial charge in [-0.05, 0) is 17.4 Å². The molecule has 7 atom stereocenters. The quantitative estimate of drug-likeness (QED) is 0.339. The van der Waals surface area contributed by atoms with Gasteiger partial charge in [0, 0.05) is 11.8 Å². The maximum absolute atomic E-state index is 12.4. The number of fused-ring (bicyclic) bond motifs is 1. The molecule has 1 aliphatic heterocycles. The summed E-state index contributed by atoms with van der Waals surface area (Å²) in [6.45, 7) is 14.0. The largest absolute Gasteiger partial charge is 0.461 e. The molecule has 2 fully saturated rings. The first-order chi connectivity index (χ1) is 12.6. The van der Waals surface area contributed by atoms with Crippen LogP contribution in [-0.2, 0) is 19.1 Å². The van der Waals surface area contributed by atoms with Gasteiger partial charge in [-0.15, -0.1) is 6.58 Å². The smallest absolute Gasteiger partial charge is 0.336 e. The number of hydrogen-bond acceptors (Lipinski definition) is 7.